The van der Waals surface area contributed by atoms with E-state index in [0.717, 1.165) is 6.42 Å². The van der Waals surface area contributed by atoms with E-state index in [0.29, 0.717) is 13.0 Å². The van der Waals surface area contributed by atoms with Crippen LogP contribution in [0.5, 0.6) is 0 Å². The molecule has 1 aliphatic heterocycles. The maximum absolute atomic E-state index is 10.5. The van der Waals surface area contributed by atoms with Crippen LogP contribution in [0.2, 0.25) is 0 Å². The Kier molecular flexibility index (Phi) is 4.14. The lowest BCUT2D eigenvalue weighted by Crippen LogP contribution is -2.46. The van der Waals surface area contributed by atoms with Crippen molar-refractivity contribution in [1.29, 1.82) is 0 Å². The molecule has 0 unspecified atom stereocenters. The lowest BCUT2D eigenvalue weighted by Gasteiger charge is -2.27. The number of carbonyl (C=O) groups is 1. The predicted molar refractivity (Wildman–Crippen MR) is 45.4 cm³/mol. The van der Waals surface area contributed by atoms with Crippen LogP contribution >= 0.6 is 0 Å². The average molecular weight is 189 g/mol. The van der Waals surface area contributed by atoms with Crippen LogP contribution in [0.15, 0.2) is 0 Å². The molecule has 1 fully saturated rings. The monoisotopic (exact) mass is 189 g/mol. The van der Waals surface area contributed by atoms with Gasteiger partial charge in [-0.2, -0.15) is 0 Å². The maximum atomic E-state index is 10.5. The number of piperidine rings is 1. The lowest BCUT2D eigenvalue weighted by molar-refractivity contribution is -0.141. The fraction of sp³-hybridized carbons (Fsp3) is 0.875. The smallest absolute Gasteiger partial charge is 0.320 e. The third-order valence-corrected chi connectivity index (χ3v) is 2.09. The van der Waals surface area contributed by atoms with Gasteiger partial charge >= 0.3 is 5.97 Å². The predicted octanol–water partition coefficient (Wildman–Crippen LogP) is -0.188. The molecule has 0 spiro atoms. The van der Waals surface area contributed by atoms with Crippen LogP contribution in [0, 0.1) is 0 Å². The molecule has 0 aromatic rings. The van der Waals surface area contributed by atoms with Crippen molar-refractivity contribution in [3.05, 3.63) is 0 Å². The Morgan fingerprint density at radius 3 is 2.85 bits per heavy atom. The molecule has 0 radical (unpaired) electrons. The molecule has 1 rings (SSSR count). The van der Waals surface area contributed by atoms with Gasteiger partial charge in [-0.3, -0.25) is 4.79 Å². The minimum Gasteiger partial charge on any atom is -0.480 e. The van der Waals surface area contributed by atoms with E-state index in [-0.39, 0.29) is 12.9 Å². The van der Waals surface area contributed by atoms with Crippen molar-refractivity contribution in [2.75, 3.05) is 20.4 Å². The number of carboxylic acids is 1. The van der Waals surface area contributed by atoms with Crippen molar-refractivity contribution < 1.29 is 19.4 Å². The topological polar surface area (TPSA) is 67.8 Å². The second-order valence-electron chi connectivity index (χ2n) is 3.07. The molecule has 0 aromatic heterocycles. The molecule has 0 aromatic carbocycles. The Hall–Kier alpha value is -0.650. The molecule has 76 valence electrons. The van der Waals surface area contributed by atoms with Gasteiger partial charge in [0.05, 0.1) is 6.10 Å². The molecule has 5 heteroatoms. The molecule has 1 aliphatic rings. The summed E-state index contributed by atoms with van der Waals surface area (Å²) in [5.74, 6) is -0.787. The molecule has 0 bridgehead atoms. The van der Waals surface area contributed by atoms with E-state index in [9.17, 15) is 4.79 Å². The van der Waals surface area contributed by atoms with Gasteiger partial charge in [0.2, 0.25) is 0 Å². The first-order valence-electron chi connectivity index (χ1n) is 4.30. The van der Waals surface area contributed by atoms with Crippen LogP contribution in [0.3, 0.4) is 0 Å². The molecule has 13 heavy (non-hydrogen) atoms. The van der Waals surface area contributed by atoms with Gasteiger partial charge in [0.15, 0.2) is 0 Å². The summed E-state index contributed by atoms with van der Waals surface area (Å²) in [6.45, 7) is 0.852. The first-order chi connectivity index (χ1) is 6.24. The quantitative estimate of drug-likeness (QED) is 0.600. The molecule has 0 saturated carbocycles. The zero-order chi connectivity index (χ0) is 9.68. The van der Waals surface area contributed by atoms with Crippen molar-refractivity contribution >= 4 is 5.97 Å². The second kappa shape index (κ2) is 5.16. The van der Waals surface area contributed by atoms with Gasteiger partial charge in [-0.1, -0.05) is 0 Å². The van der Waals surface area contributed by atoms with Gasteiger partial charge in [0, 0.05) is 13.7 Å². The largest absolute Gasteiger partial charge is 0.480 e. The van der Waals surface area contributed by atoms with Gasteiger partial charge in [-0.25, -0.2) is 0 Å². The van der Waals surface area contributed by atoms with Crippen LogP contribution in [0.25, 0.3) is 0 Å². The van der Waals surface area contributed by atoms with E-state index in [1.165, 1.54) is 0 Å². The van der Waals surface area contributed by atoms with E-state index >= 15 is 0 Å². The zero-order valence-electron chi connectivity index (χ0n) is 7.66. The minimum atomic E-state index is -0.787. The summed E-state index contributed by atoms with van der Waals surface area (Å²) in [4.78, 5) is 10.5. The number of rotatable bonds is 4. The summed E-state index contributed by atoms with van der Waals surface area (Å²) in [6.07, 6.45) is 1.47. The molecule has 1 saturated heterocycles. The molecular formula is C8H15NO4. The van der Waals surface area contributed by atoms with Crippen LogP contribution in [0.4, 0.5) is 0 Å². The highest BCUT2D eigenvalue weighted by Gasteiger charge is 2.25. The average Bonchev–Trinajstić information content (AvgIpc) is 2.15. The highest BCUT2D eigenvalue weighted by molar-refractivity contribution is 5.73. The Bertz CT molecular complexity index is 166. The van der Waals surface area contributed by atoms with Crippen LogP contribution in [-0.2, 0) is 14.3 Å². The molecule has 0 amide bonds. The first-order valence-corrected chi connectivity index (χ1v) is 4.30. The van der Waals surface area contributed by atoms with Crippen molar-refractivity contribution in [2.45, 2.75) is 25.0 Å². The van der Waals surface area contributed by atoms with Crippen LogP contribution in [-0.4, -0.2) is 43.7 Å². The zero-order valence-corrected chi connectivity index (χ0v) is 7.66. The molecule has 5 nitrogen and oxygen atoms in total. The number of carboxylic acid groups (broad SMARTS) is 1. The number of aliphatic carboxylic acids is 1. The first kappa shape index (κ1) is 10.4. The molecule has 2 atom stereocenters. The van der Waals surface area contributed by atoms with Gasteiger partial charge in [0.1, 0.15) is 12.8 Å². The number of methoxy groups -OCH3 is 1. The summed E-state index contributed by atoms with van der Waals surface area (Å²) in [5, 5.41) is 11.6. The van der Waals surface area contributed by atoms with E-state index in [1.54, 1.807) is 7.11 Å². The maximum Gasteiger partial charge on any atom is 0.320 e. The SMILES string of the molecule is COCO[C@@H]1CC[C@@H](C(=O)O)NC1. The van der Waals surface area contributed by atoms with Gasteiger partial charge < -0.3 is 19.9 Å². The number of hydrogen-bond donors (Lipinski definition) is 2. The Morgan fingerprint density at radius 2 is 2.38 bits per heavy atom. The minimum absolute atomic E-state index is 0.0792. The molecule has 2 N–H and O–H groups in total. The fourth-order valence-corrected chi connectivity index (χ4v) is 1.35. The van der Waals surface area contributed by atoms with Crippen molar-refractivity contribution in [1.82, 2.24) is 5.32 Å². The molecule has 0 aliphatic carbocycles. The Labute approximate surface area is 77.0 Å². The third kappa shape index (κ3) is 3.30. The van der Waals surface area contributed by atoms with Gasteiger partial charge in [-0.05, 0) is 12.8 Å². The van der Waals surface area contributed by atoms with E-state index < -0.39 is 12.0 Å². The number of hydrogen-bond acceptors (Lipinski definition) is 4. The standard InChI is InChI=1S/C8H15NO4/c1-12-5-13-6-2-3-7(8(10)11)9-4-6/h6-7,9H,2-5H2,1H3,(H,10,11)/t6-,7+/m1/s1. The van der Waals surface area contributed by atoms with Crippen molar-refractivity contribution in [3.63, 3.8) is 0 Å². The Balaban J connectivity index is 2.18. The summed E-state index contributed by atoms with van der Waals surface area (Å²) < 4.78 is 10.0. The summed E-state index contributed by atoms with van der Waals surface area (Å²) in [7, 11) is 1.57. The normalized spacial score (nSPS) is 28.7. The van der Waals surface area contributed by atoms with Crippen molar-refractivity contribution in [2.24, 2.45) is 0 Å². The molecular weight excluding hydrogens is 174 g/mol. The van der Waals surface area contributed by atoms with Crippen LogP contribution < -0.4 is 5.32 Å². The second-order valence-corrected chi connectivity index (χ2v) is 3.07. The molecule has 1 heterocycles. The Morgan fingerprint density at radius 1 is 1.62 bits per heavy atom. The fourth-order valence-electron chi connectivity index (χ4n) is 1.35. The van der Waals surface area contributed by atoms with E-state index in [4.69, 9.17) is 14.6 Å². The third-order valence-electron chi connectivity index (χ3n) is 2.09. The van der Waals surface area contributed by atoms with E-state index in [1.807, 2.05) is 0 Å². The number of ether oxygens (including phenoxy) is 2. The van der Waals surface area contributed by atoms with Gasteiger partial charge in [0.25, 0.3) is 0 Å². The highest BCUT2D eigenvalue weighted by Crippen LogP contribution is 2.11. The summed E-state index contributed by atoms with van der Waals surface area (Å²) in [6, 6.07) is -0.414. The van der Waals surface area contributed by atoms with E-state index in [2.05, 4.69) is 5.32 Å². The highest BCUT2D eigenvalue weighted by atomic mass is 16.7. The van der Waals surface area contributed by atoms with Crippen LogP contribution in [0.1, 0.15) is 12.8 Å². The van der Waals surface area contributed by atoms with Crippen molar-refractivity contribution in [3.8, 4) is 0 Å². The number of nitrogens with one attached hydrogen (secondary N) is 1. The summed E-state index contributed by atoms with van der Waals surface area (Å²) >= 11 is 0. The lowest BCUT2D eigenvalue weighted by atomic mass is 10.0. The summed E-state index contributed by atoms with van der Waals surface area (Å²) in [5.41, 5.74) is 0. The van der Waals surface area contributed by atoms with Gasteiger partial charge in [-0.15, -0.1) is 0 Å².